The topological polar surface area (TPSA) is 89.6 Å². The average Bonchev–Trinajstić information content (AvgIpc) is 3.36. The van der Waals surface area contributed by atoms with E-state index in [0.29, 0.717) is 30.5 Å². The molecule has 5 rings (SSSR count). The standard InChI is InChI=1S/C24H19F3N4O4S/c1-34-22-11-18(15-8-16(25)10-17(26)9-15)19(27)12-21(22)31-20-4-6-30(13-14(20)2-3-24(31)32)36(33)29-23-5-7-35-28-23/h2-3,5,7-12H,4,6,13H2,1H3,(H,28,29). The highest BCUT2D eigenvalue weighted by Gasteiger charge is 2.26. The first kappa shape index (κ1) is 23.8. The summed E-state index contributed by atoms with van der Waals surface area (Å²) >= 11 is -1.61. The van der Waals surface area contributed by atoms with Crippen molar-refractivity contribution in [3.8, 4) is 22.6 Å². The minimum absolute atomic E-state index is 0.00461. The second-order valence-corrected chi connectivity index (χ2v) is 9.21. The Morgan fingerprint density at radius 2 is 1.86 bits per heavy atom. The lowest BCUT2D eigenvalue weighted by Gasteiger charge is -2.29. The van der Waals surface area contributed by atoms with Gasteiger partial charge in [0.1, 0.15) is 29.5 Å². The third kappa shape index (κ3) is 4.52. The lowest BCUT2D eigenvalue weighted by Crippen LogP contribution is -2.38. The third-order valence-electron chi connectivity index (χ3n) is 5.78. The predicted octanol–water partition coefficient (Wildman–Crippen LogP) is 3.97. The summed E-state index contributed by atoms with van der Waals surface area (Å²) in [4.78, 5) is 12.9. The Morgan fingerprint density at radius 3 is 2.56 bits per heavy atom. The normalized spacial score (nSPS) is 14.3. The molecule has 0 spiro atoms. The first-order valence-corrected chi connectivity index (χ1v) is 11.9. The van der Waals surface area contributed by atoms with Gasteiger partial charge in [0.05, 0.1) is 12.8 Å². The first-order valence-electron chi connectivity index (χ1n) is 10.8. The number of anilines is 1. The van der Waals surface area contributed by atoms with Crippen LogP contribution in [-0.4, -0.2) is 31.9 Å². The van der Waals surface area contributed by atoms with Gasteiger partial charge in [-0.2, -0.15) is 0 Å². The molecule has 0 fully saturated rings. The molecule has 1 N–H and O–H groups in total. The molecular formula is C24H19F3N4O4S. The van der Waals surface area contributed by atoms with Crippen LogP contribution in [0.5, 0.6) is 5.75 Å². The lowest BCUT2D eigenvalue weighted by molar-refractivity contribution is 0.403. The molecule has 3 heterocycles. The molecule has 12 heteroatoms. The van der Waals surface area contributed by atoms with E-state index in [9.17, 15) is 17.8 Å². The first-order chi connectivity index (χ1) is 17.3. The third-order valence-corrected chi connectivity index (χ3v) is 6.94. The molecule has 4 aromatic rings. The van der Waals surface area contributed by atoms with E-state index in [1.807, 2.05) is 0 Å². The Morgan fingerprint density at radius 1 is 1.08 bits per heavy atom. The van der Waals surface area contributed by atoms with Crippen LogP contribution in [0.15, 0.2) is 64.1 Å². The number of aromatic nitrogens is 2. The molecule has 8 nitrogen and oxygen atoms in total. The number of ether oxygens (including phenoxy) is 1. The van der Waals surface area contributed by atoms with Gasteiger partial charge in [-0.3, -0.25) is 14.1 Å². The van der Waals surface area contributed by atoms with Gasteiger partial charge in [0.25, 0.3) is 5.56 Å². The second-order valence-electron chi connectivity index (χ2n) is 7.99. The van der Waals surface area contributed by atoms with Crippen LogP contribution in [0.2, 0.25) is 0 Å². The van der Waals surface area contributed by atoms with Gasteiger partial charge in [-0.05, 0) is 29.3 Å². The number of rotatable bonds is 6. The minimum Gasteiger partial charge on any atom is -0.495 e. The van der Waals surface area contributed by atoms with Crippen molar-refractivity contribution in [1.82, 2.24) is 14.0 Å². The van der Waals surface area contributed by atoms with Crippen molar-refractivity contribution >= 4 is 17.0 Å². The largest absolute Gasteiger partial charge is 0.495 e. The Hall–Kier alpha value is -3.90. The summed E-state index contributed by atoms with van der Waals surface area (Å²) in [6, 6.07) is 9.64. The van der Waals surface area contributed by atoms with E-state index in [0.717, 1.165) is 23.8 Å². The van der Waals surface area contributed by atoms with Gasteiger partial charge < -0.3 is 9.26 Å². The van der Waals surface area contributed by atoms with Crippen molar-refractivity contribution in [2.24, 2.45) is 0 Å². The van der Waals surface area contributed by atoms with Gasteiger partial charge in [0.2, 0.25) is 0 Å². The number of benzene rings is 2. The number of pyridine rings is 1. The van der Waals surface area contributed by atoms with Crippen LogP contribution < -0.4 is 15.0 Å². The van der Waals surface area contributed by atoms with E-state index in [1.54, 1.807) is 10.4 Å². The average molecular weight is 517 g/mol. The summed E-state index contributed by atoms with van der Waals surface area (Å²) < 4.78 is 71.3. The maximum atomic E-state index is 15.2. The van der Waals surface area contributed by atoms with Crippen molar-refractivity contribution in [1.29, 1.82) is 0 Å². The Labute approximate surface area is 205 Å². The number of methoxy groups -OCH3 is 1. The van der Waals surface area contributed by atoms with Gasteiger partial charge >= 0.3 is 0 Å². The van der Waals surface area contributed by atoms with Crippen molar-refractivity contribution in [2.75, 3.05) is 18.4 Å². The maximum Gasteiger partial charge on any atom is 0.255 e. The fraction of sp³-hybridized carbons (Fsp3) is 0.167. The SMILES string of the molecule is COc1cc(-c2cc(F)cc(F)c2)c(F)cc1-n1c2c(ccc1=O)CN(S(=O)Nc1ccon1)CC2. The van der Waals surface area contributed by atoms with Gasteiger partial charge in [-0.15, -0.1) is 0 Å². The molecule has 0 saturated heterocycles. The summed E-state index contributed by atoms with van der Waals surface area (Å²) in [5.41, 5.74) is 0.982. The molecule has 0 aliphatic carbocycles. The molecule has 2 aromatic carbocycles. The highest BCUT2D eigenvalue weighted by Crippen LogP contribution is 2.34. The van der Waals surface area contributed by atoms with E-state index < -0.39 is 34.2 Å². The summed E-state index contributed by atoms with van der Waals surface area (Å²) in [6.45, 7) is 0.581. The number of nitrogens with zero attached hydrogens (tertiary/aromatic N) is 3. The molecule has 36 heavy (non-hydrogen) atoms. The highest BCUT2D eigenvalue weighted by molar-refractivity contribution is 7.84. The van der Waals surface area contributed by atoms with Crippen LogP contribution >= 0.6 is 0 Å². The highest BCUT2D eigenvalue weighted by atomic mass is 32.2. The summed E-state index contributed by atoms with van der Waals surface area (Å²) in [7, 11) is 1.35. The van der Waals surface area contributed by atoms with E-state index >= 15 is 4.39 Å². The Balaban J connectivity index is 1.53. The lowest BCUT2D eigenvalue weighted by atomic mass is 10.0. The molecule has 0 saturated carbocycles. The molecule has 1 aliphatic rings. The van der Waals surface area contributed by atoms with Crippen LogP contribution in [0.3, 0.4) is 0 Å². The van der Waals surface area contributed by atoms with Crippen molar-refractivity contribution in [3.63, 3.8) is 0 Å². The molecule has 0 radical (unpaired) electrons. The van der Waals surface area contributed by atoms with Gasteiger partial charge in [0, 0.05) is 55.0 Å². The summed E-state index contributed by atoms with van der Waals surface area (Å²) in [5.74, 6) is -2.01. The number of hydrogen-bond donors (Lipinski definition) is 1. The van der Waals surface area contributed by atoms with Crippen LogP contribution in [-0.2, 0) is 24.1 Å². The van der Waals surface area contributed by atoms with Gasteiger partial charge in [0.15, 0.2) is 17.0 Å². The minimum atomic E-state index is -1.61. The zero-order chi connectivity index (χ0) is 25.4. The molecule has 1 aliphatic heterocycles. The fourth-order valence-corrected chi connectivity index (χ4v) is 5.10. The van der Waals surface area contributed by atoms with Crippen molar-refractivity contribution in [2.45, 2.75) is 13.0 Å². The summed E-state index contributed by atoms with van der Waals surface area (Å²) in [5, 5.41) is 3.68. The van der Waals surface area contributed by atoms with E-state index in [1.165, 1.54) is 36.1 Å². The molecule has 0 bridgehead atoms. The molecule has 1 unspecified atom stereocenters. The number of halogens is 3. The van der Waals surface area contributed by atoms with Gasteiger partial charge in [-0.25, -0.2) is 21.7 Å². The molecule has 2 aromatic heterocycles. The zero-order valence-electron chi connectivity index (χ0n) is 18.8. The summed E-state index contributed by atoms with van der Waals surface area (Å²) in [6.07, 6.45) is 1.69. The van der Waals surface area contributed by atoms with Crippen LogP contribution in [0.4, 0.5) is 19.0 Å². The zero-order valence-corrected chi connectivity index (χ0v) is 19.7. The Bertz CT molecular complexity index is 1500. The van der Waals surface area contributed by atoms with Crippen LogP contribution in [0.1, 0.15) is 11.3 Å². The monoisotopic (exact) mass is 516 g/mol. The number of fused-ring (bicyclic) bond motifs is 1. The number of hydrogen-bond acceptors (Lipinski definition) is 5. The van der Waals surface area contributed by atoms with E-state index in [2.05, 4.69) is 9.88 Å². The number of nitrogens with one attached hydrogen (secondary N) is 1. The predicted molar refractivity (Wildman–Crippen MR) is 126 cm³/mol. The Kier molecular flexibility index (Phi) is 6.37. The van der Waals surface area contributed by atoms with Crippen LogP contribution in [0, 0.1) is 17.5 Å². The van der Waals surface area contributed by atoms with Gasteiger partial charge in [-0.1, -0.05) is 11.2 Å². The molecule has 1 atom stereocenters. The van der Waals surface area contributed by atoms with Crippen LogP contribution in [0.25, 0.3) is 16.8 Å². The molecule has 0 amide bonds. The van der Waals surface area contributed by atoms with E-state index in [-0.39, 0.29) is 29.1 Å². The molecule has 186 valence electrons. The maximum absolute atomic E-state index is 15.2. The molecular weight excluding hydrogens is 497 g/mol. The van der Waals surface area contributed by atoms with E-state index in [4.69, 9.17) is 9.26 Å². The van der Waals surface area contributed by atoms with Crippen molar-refractivity contribution < 1.29 is 26.6 Å². The quantitative estimate of drug-likeness (QED) is 0.419. The van der Waals surface area contributed by atoms with Crippen molar-refractivity contribution in [3.05, 3.63) is 93.9 Å². The fourth-order valence-electron chi connectivity index (χ4n) is 4.17. The smallest absolute Gasteiger partial charge is 0.255 e. The second kappa shape index (κ2) is 9.63.